The number of nitrogens with one attached hydrogen (secondary N) is 2. The van der Waals surface area contributed by atoms with Crippen molar-refractivity contribution in [1.82, 2.24) is 10.6 Å². The van der Waals surface area contributed by atoms with E-state index in [1.165, 1.54) is 0 Å². The van der Waals surface area contributed by atoms with Crippen molar-refractivity contribution < 1.29 is 9.90 Å². The third-order valence-corrected chi connectivity index (χ3v) is 3.70. The van der Waals surface area contributed by atoms with Gasteiger partial charge < -0.3 is 15.7 Å². The predicted octanol–water partition coefficient (Wildman–Crippen LogP) is 1.39. The fraction of sp³-hybridized carbons (Fsp3) is 0.917. The normalized spacial score (nSPS) is 34.5. The van der Waals surface area contributed by atoms with Crippen LogP contribution in [-0.4, -0.2) is 29.3 Å². The molecule has 4 heteroatoms. The summed E-state index contributed by atoms with van der Waals surface area (Å²) in [6.07, 6.45) is 5.91. The molecule has 0 aromatic carbocycles. The molecule has 0 aliphatic heterocycles. The van der Waals surface area contributed by atoms with Gasteiger partial charge in [0.25, 0.3) is 0 Å². The maximum absolute atomic E-state index is 11.4. The summed E-state index contributed by atoms with van der Waals surface area (Å²) < 4.78 is 0. The van der Waals surface area contributed by atoms with E-state index in [0.717, 1.165) is 38.5 Å². The molecule has 0 radical (unpaired) electrons. The van der Waals surface area contributed by atoms with Gasteiger partial charge in [-0.15, -0.1) is 0 Å². The van der Waals surface area contributed by atoms with E-state index in [-0.39, 0.29) is 6.03 Å². The molecule has 0 bridgehead atoms. The topological polar surface area (TPSA) is 61.4 Å². The Kier molecular flexibility index (Phi) is 3.38. The van der Waals surface area contributed by atoms with Crippen LogP contribution >= 0.6 is 0 Å². The second-order valence-corrected chi connectivity index (χ2v) is 5.51. The molecule has 2 rings (SSSR count). The zero-order valence-corrected chi connectivity index (χ0v) is 9.96. The van der Waals surface area contributed by atoms with Crippen molar-refractivity contribution in [3.63, 3.8) is 0 Å². The van der Waals surface area contributed by atoms with Crippen molar-refractivity contribution in [3.8, 4) is 0 Å². The highest BCUT2D eigenvalue weighted by Gasteiger charge is 2.32. The molecule has 92 valence electrons. The highest BCUT2D eigenvalue weighted by atomic mass is 16.3. The standard InChI is InChI=1S/C12H22N2O2/c1-9-4-6-12(16,7-5-9)8-13-11(15)14-10-2-3-10/h9-10,16H,2-8H2,1H3,(H2,13,14,15). The summed E-state index contributed by atoms with van der Waals surface area (Å²) in [5, 5.41) is 15.9. The van der Waals surface area contributed by atoms with Crippen molar-refractivity contribution in [3.05, 3.63) is 0 Å². The van der Waals surface area contributed by atoms with Crippen LogP contribution in [0.15, 0.2) is 0 Å². The SMILES string of the molecule is CC1CCC(O)(CNC(=O)NC2CC2)CC1. The van der Waals surface area contributed by atoms with Crippen LogP contribution in [0.4, 0.5) is 4.79 Å². The first-order valence-electron chi connectivity index (χ1n) is 6.34. The van der Waals surface area contributed by atoms with Crippen LogP contribution in [0.25, 0.3) is 0 Å². The molecular weight excluding hydrogens is 204 g/mol. The van der Waals surface area contributed by atoms with Crippen LogP contribution in [0.1, 0.15) is 45.4 Å². The van der Waals surface area contributed by atoms with E-state index in [1.807, 2.05) is 0 Å². The Balaban J connectivity index is 1.69. The number of hydrogen-bond acceptors (Lipinski definition) is 2. The second-order valence-electron chi connectivity index (χ2n) is 5.51. The third-order valence-electron chi connectivity index (χ3n) is 3.70. The molecule has 0 saturated heterocycles. The Labute approximate surface area is 96.8 Å². The van der Waals surface area contributed by atoms with Crippen molar-refractivity contribution in [2.45, 2.75) is 57.1 Å². The van der Waals surface area contributed by atoms with E-state index in [2.05, 4.69) is 17.6 Å². The lowest BCUT2D eigenvalue weighted by Crippen LogP contribution is -2.48. The van der Waals surface area contributed by atoms with Gasteiger partial charge in [0.2, 0.25) is 0 Å². The molecule has 0 heterocycles. The number of rotatable bonds is 3. The fourth-order valence-electron chi connectivity index (χ4n) is 2.19. The van der Waals surface area contributed by atoms with E-state index >= 15 is 0 Å². The molecule has 2 saturated carbocycles. The lowest BCUT2D eigenvalue weighted by Gasteiger charge is -2.34. The molecule has 0 aromatic rings. The Bertz CT molecular complexity index is 256. The van der Waals surface area contributed by atoms with E-state index < -0.39 is 5.60 Å². The Morgan fingerprint density at radius 1 is 1.31 bits per heavy atom. The number of amides is 2. The maximum atomic E-state index is 11.4. The van der Waals surface area contributed by atoms with Crippen LogP contribution in [0.2, 0.25) is 0 Å². The molecule has 0 spiro atoms. The van der Waals surface area contributed by atoms with E-state index in [0.29, 0.717) is 18.5 Å². The molecule has 0 aromatic heterocycles. The van der Waals surface area contributed by atoms with Crippen molar-refractivity contribution in [2.24, 2.45) is 5.92 Å². The van der Waals surface area contributed by atoms with Gasteiger partial charge in [0.15, 0.2) is 0 Å². The van der Waals surface area contributed by atoms with Crippen molar-refractivity contribution in [2.75, 3.05) is 6.54 Å². The minimum Gasteiger partial charge on any atom is -0.388 e. The van der Waals surface area contributed by atoms with Gasteiger partial charge in [0.1, 0.15) is 0 Å². The van der Waals surface area contributed by atoms with Crippen LogP contribution in [0.5, 0.6) is 0 Å². The fourth-order valence-corrected chi connectivity index (χ4v) is 2.19. The predicted molar refractivity (Wildman–Crippen MR) is 62.1 cm³/mol. The van der Waals surface area contributed by atoms with Gasteiger partial charge in [-0.05, 0) is 44.4 Å². The minimum atomic E-state index is -0.673. The second kappa shape index (κ2) is 4.62. The average molecular weight is 226 g/mol. The van der Waals surface area contributed by atoms with E-state index in [9.17, 15) is 9.90 Å². The summed E-state index contributed by atoms with van der Waals surface area (Å²) in [5.74, 6) is 0.709. The van der Waals surface area contributed by atoms with E-state index in [1.54, 1.807) is 0 Å². The summed E-state index contributed by atoms with van der Waals surface area (Å²) in [6.45, 7) is 2.60. The first-order valence-corrected chi connectivity index (χ1v) is 6.34. The number of carbonyl (C=O) groups excluding carboxylic acids is 1. The van der Waals surface area contributed by atoms with Crippen molar-refractivity contribution >= 4 is 6.03 Å². The molecule has 2 aliphatic rings. The lowest BCUT2D eigenvalue weighted by atomic mass is 9.79. The zero-order chi connectivity index (χ0) is 11.6. The first kappa shape index (κ1) is 11.7. The molecule has 2 aliphatic carbocycles. The van der Waals surface area contributed by atoms with Gasteiger partial charge in [-0.1, -0.05) is 6.92 Å². The largest absolute Gasteiger partial charge is 0.388 e. The molecular formula is C12H22N2O2. The number of hydrogen-bond donors (Lipinski definition) is 3. The summed E-state index contributed by atoms with van der Waals surface area (Å²) in [5.41, 5.74) is -0.673. The van der Waals surface area contributed by atoms with Gasteiger partial charge in [-0.3, -0.25) is 0 Å². The Hall–Kier alpha value is -0.770. The number of urea groups is 1. The first-order chi connectivity index (χ1) is 7.57. The maximum Gasteiger partial charge on any atom is 0.315 e. The third kappa shape index (κ3) is 3.37. The smallest absolute Gasteiger partial charge is 0.315 e. The van der Waals surface area contributed by atoms with Gasteiger partial charge in [-0.2, -0.15) is 0 Å². The molecule has 0 unspecified atom stereocenters. The molecule has 4 nitrogen and oxygen atoms in total. The molecule has 3 N–H and O–H groups in total. The summed E-state index contributed by atoms with van der Waals surface area (Å²) in [6, 6.07) is 0.246. The number of aliphatic hydroxyl groups is 1. The summed E-state index contributed by atoms with van der Waals surface area (Å²) >= 11 is 0. The van der Waals surface area contributed by atoms with Crippen LogP contribution in [0.3, 0.4) is 0 Å². The van der Waals surface area contributed by atoms with E-state index in [4.69, 9.17) is 0 Å². The zero-order valence-electron chi connectivity index (χ0n) is 9.96. The average Bonchev–Trinajstić information content (AvgIpc) is 3.04. The van der Waals surface area contributed by atoms with Gasteiger partial charge in [-0.25, -0.2) is 4.79 Å². The monoisotopic (exact) mass is 226 g/mol. The highest BCUT2D eigenvalue weighted by molar-refractivity contribution is 5.74. The van der Waals surface area contributed by atoms with Gasteiger partial charge in [0.05, 0.1) is 5.60 Å². The molecule has 2 amide bonds. The Morgan fingerprint density at radius 3 is 2.50 bits per heavy atom. The summed E-state index contributed by atoms with van der Waals surface area (Å²) in [7, 11) is 0. The lowest BCUT2D eigenvalue weighted by molar-refractivity contribution is -0.00388. The quantitative estimate of drug-likeness (QED) is 0.681. The van der Waals surface area contributed by atoms with Gasteiger partial charge in [0, 0.05) is 12.6 Å². The minimum absolute atomic E-state index is 0.130. The van der Waals surface area contributed by atoms with Crippen LogP contribution in [0, 0.1) is 5.92 Å². The van der Waals surface area contributed by atoms with Crippen LogP contribution < -0.4 is 10.6 Å². The number of carbonyl (C=O) groups is 1. The Morgan fingerprint density at radius 2 is 1.94 bits per heavy atom. The highest BCUT2D eigenvalue weighted by Crippen LogP contribution is 2.31. The van der Waals surface area contributed by atoms with Crippen LogP contribution in [-0.2, 0) is 0 Å². The molecule has 2 fully saturated rings. The summed E-state index contributed by atoms with van der Waals surface area (Å²) in [4.78, 5) is 11.4. The molecule has 16 heavy (non-hydrogen) atoms. The molecule has 0 atom stereocenters. The van der Waals surface area contributed by atoms with Gasteiger partial charge >= 0.3 is 6.03 Å². The van der Waals surface area contributed by atoms with Crippen molar-refractivity contribution in [1.29, 1.82) is 0 Å².